The Bertz CT molecular complexity index is 1150. The third-order valence-corrected chi connectivity index (χ3v) is 5.02. The molecule has 1 aliphatic heterocycles. The Morgan fingerprint density at radius 3 is 2.59 bits per heavy atom. The summed E-state index contributed by atoms with van der Waals surface area (Å²) in [5.74, 6) is -0.609. The second kappa shape index (κ2) is 10.6. The summed E-state index contributed by atoms with van der Waals surface area (Å²) in [4.78, 5) is 15.3. The van der Waals surface area contributed by atoms with Crippen LogP contribution in [-0.2, 0) is 19.3 Å². The van der Waals surface area contributed by atoms with E-state index in [0.717, 1.165) is 6.92 Å². The smallest absolute Gasteiger partial charge is 0.862 e. The zero-order valence-electron chi connectivity index (χ0n) is 17.4. The third kappa shape index (κ3) is 6.27. The van der Waals surface area contributed by atoms with Gasteiger partial charge in [-0.05, 0) is 37.4 Å². The van der Waals surface area contributed by atoms with E-state index in [-0.39, 0.29) is 40.9 Å². The summed E-state index contributed by atoms with van der Waals surface area (Å²) in [6.07, 6.45) is -6.46. The van der Waals surface area contributed by atoms with E-state index in [1.807, 2.05) is 0 Å². The van der Waals surface area contributed by atoms with Crippen LogP contribution in [0.3, 0.4) is 0 Å². The second-order valence-electron chi connectivity index (χ2n) is 6.87. The van der Waals surface area contributed by atoms with Crippen molar-refractivity contribution in [3.63, 3.8) is 0 Å². The van der Waals surface area contributed by atoms with E-state index < -0.39 is 59.2 Å². The SMILES string of the molecule is CC([O-])=NC1[C@H](Oc2ccc3c(C)cc(=O)oc3c2)OC(CO)[C@H](OS(=O)(=O)O)[C@H]1O.[Na+]. The van der Waals surface area contributed by atoms with Gasteiger partial charge in [0.05, 0.1) is 6.61 Å². The molecule has 2 unspecified atom stereocenters. The van der Waals surface area contributed by atoms with E-state index in [1.54, 1.807) is 13.0 Å². The molecule has 14 heteroatoms. The van der Waals surface area contributed by atoms with Gasteiger partial charge in [-0.2, -0.15) is 8.42 Å². The van der Waals surface area contributed by atoms with Crippen molar-refractivity contribution in [2.24, 2.45) is 4.99 Å². The van der Waals surface area contributed by atoms with Gasteiger partial charge >= 0.3 is 45.6 Å². The summed E-state index contributed by atoms with van der Waals surface area (Å²) in [5, 5.41) is 32.3. The van der Waals surface area contributed by atoms with E-state index in [4.69, 9.17) is 18.4 Å². The molecule has 3 rings (SSSR count). The average molecular weight is 481 g/mol. The molecule has 1 aromatic heterocycles. The molecule has 5 atom stereocenters. The van der Waals surface area contributed by atoms with Crippen LogP contribution in [0, 0.1) is 6.92 Å². The van der Waals surface area contributed by atoms with Gasteiger partial charge in [0.25, 0.3) is 0 Å². The molecule has 1 fully saturated rings. The van der Waals surface area contributed by atoms with Gasteiger partial charge < -0.3 is 29.2 Å². The van der Waals surface area contributed by atoms with Crippen LogP contribution in [0.4, 0.5) is 0 Å². The molecule has 2 aromatic rings. The first-order chi connectivity index (χ1) is 14.5. The van der Waals surface area contributed by atoms with E-state index in [9.17, 15) is 28.5 Å². The fourth-order valence-electron chi connectivity index (χ4n) is 3.27. The Kier molecular flexibility index (Phi) is 8.83. The Morgan fingerprint density at radius 1 is 1.31 bits per heavy atom. The molecule has 0 amide bonds. The molecule has 0 aliphatic carbocycles. The fourth-order valence-corrected chi connectivity index (χ4v) is 3.79. The molecular weight excluding hydrogens is 461 g/mol. The van der Waals surface area contributed by atoms with Gasteiger partial charge in [-0.1, -0.05) is 0 Å². The van der Waals surface area contributed by atoms with Crippen LogP contribution in [0.15, 0.2) is 38.5 Å². The maximum Gasteiger partial charge on any atom is 1.00 e. The molecule has 170 valence electrons. The van der Waals surface area contributed by atoms with Gasteiger partial charge in [0.15, 0.2) is 0 Å². The maximum absolute atomic E-state index is 11.6. The van der Waals surface area contributed by atoms with E-state index in [0.29, 0.717) is 10.9 Å². The minimum absolute atomic E-state index is 0. The summed E-state index contributed by atoms with van der Waals surface area (Å²) in [6, 6.07) is 4.38. The van der Waals surface area contributed by atoms with Gasteiger partial charge in [0, 0.05) is 17.5 Å². The maximum atomic E-state index is 11.6. The van der Waals surface area contributed by atoms with Crippen LogP contribution in [0.1, 0.15) is 12.5 Å². The zero-order valence-corrected chi connectivity index (χ0v) is 20.2. The van der Waals surface area contributed by atoms with Crippen molar-refractivity contribution in [3.8, 4) is 5.75 Å². The van der Waals surface area contributed by atoms with Crippen LogP contribution < -0.4 is 45.0 Å². The molecule has 3 N–H and O–H groups in total. The summed E-state index contributed by atoms with van der Waals surface area (Å²) in [5.41, 5.74) is 0.323. The predicted octanol–water partition coefficient (Wildman–Crippen LogP) is -4.10. The summed E-state index contributed by atoms with van der Waals surface area (Å²) in [7, 11) is -5.02. The quantitative estimate of drug-likeness (QED) is 0.120. The number of fused-ring (bicyclic) bond motifs is 1. The summed E-state index contributed by atoms with van der Waals surface area (Å²) in [6.45, 7) is 2.01. The molecule has 0 bridgehead atoms. The monoisotopic (exact) mass is 481 g/mol. The first-order valence-electron chi connectivity index (χ1n) is 9.01. The van der Waals surface area contributed by atoms with Crippen molar-refractivity contribution < 1.29 is 75.9 Å². The largest absolute Gasteiger partial charge is 1.00 e. The van der Waals surface area contributed by atoms with Gasteiger partial charge in [0.2, 0.25) is 6.29 Å². The normalized spacial score (nSPS) is 26.5. The molecule has 32 heavy (non-hydrogen) atoms. The van der Waals surface area contributed by atoms with Crippen LogP contribution in [0.25, 0.3) is 11.0 Å². The molecule has 0 spiro atoms. The number of aliphatic imine (C=N–C) groups is 1. The first kappa shape index (κ1) is 26.7. The van der Waals surface area contributed by atoms with Crippen LogP contribution in [-0.4, -0.2) is 66.3 Å². The van der Waals surface area contributed by atoms with Gasteiger partial charge in [-0.25, -0.2) is 8.98 Å². The van der Waals surface area contributed by atoms with Crippen molar-refractivity contribution in [2.75, 3.05) is 6.61 Å². The fraction of sp³-hybridized carbons (Fsp3) is 0.444. The molecule has 12 nitrogen and oxygen atoms in total. The number of hydrogen-bond donors (Lipinski definition) is 3. The summed E-state index contributed by atoms with van der Waals surface area (Å²) < 4.78 is 51.9. The number of nitrogens with zero attached hydrogens (tertiary/aromatic N) is 1. The predicted molar refractivity (Wildman–Crippen MR) is 103 cm³/mol. The van der Waals surface area contributed by atoms with Crippen molar-refractivity contribution in [2.45, 2.75) is 44.5 Å². The number of ether oxygens (including phenoxy) is 2. The van der Waals surface area contributed by atoms with Crippen LogP contribution in [0.2, 0.25) is 0 Å². The number of aliphatic hydroxyl groups excluding tert-OH is 2. The number of rotatable bonds is 6. The standard InChI is InChI=1S/C18H21NO11S.Na/c1-8-5-14(22)28-12-6-10(3-4-11(8)12)27-18-15(19-9(2)21)16(23)17(13(7-20)29-18)30-31(24,25)26;/h3-6,13,15-18,20,23H,7H2,1-2H3,(H,19,21)(H,24,25,26);/q;+1/p-1/t13?,15?,16-,17-,18+;/m0./s1. The molecule has 2 heterocycles. The third-order valence-electron chi connectivity index (χ3n) is 4.56. The van der Waals surface area contributed by atoms with Crippen LogP contribution >= 0.6 is 0 Å². The summed E-state index contributed by atoms with van der Waals surface area (Å²) >= 11 is 0. The number of benzene rings is 1. The minimum atomic E-state index is -5.02. The topological polar surface area (TPSA) is 188 Å². The minimum Gasteiger partial charge on any atom is -0.862 e. The number of aliphatic hydroxyl groups is 2. The molecular formula is C18H20NNaO11S. The van der Waals surface area contributed by atoms with Crippen molar-refractivity contribution >= 4 is 27.3 Å². The van der Waals surface area contributed by atoms with Crippen molar-refractivity contribution in [1.29, 1.82) is 0 Å². The van der Waals surface area contributed by atoms with E-state index >= 15 is 0 Å². The molecule has 1 aliphatic rings. The molecule has 0 radical (unpaired) electrons. The second-order valence-corrected chi connectivity index (χ2v) is 7.92. The van der Waals surface area contributed by atoms with Crippen molar-refractivity contribution in [3.05, 3.63) is 40.2 Å². The number of hydrogen-bond acceptors (Lipinski definition) is 11. The van der Waals surface area contributed by atoms with Crippen LogP contribution in [0.5, 0.6) is 5.75 Å². The van der Waals surface area contributed by atoms with Gasteiger partial charge in [0.1, 0.15) is 35.7 Å². The Morgan fingerprint density at radius 2 is 2.00 bits per heavy atom. The first-order valence-corrected chi connectivity index (χ1v) is 10.4. The molecule has 1 aromatic carbocycles. The Balaban J connectivity index is 0.00000363. The molecule has 0 saturated carbocycles. The number of aryl methyl sites for hydroxylation is 1. The van der Waals surface area contributed by atoms with E-state index in [1.165, 1.54) is 18.2 Å². The Hall–Kier alpha value is -1.55. The molecule has 1 saturated heterocycles. The average Bonchev–Trinajstić information content (AvgIpc) is 2.65. The van der Waals surface area contributed by atoms with Gasteiger partial charge in [-0.15, -0.1) is 0 Å². The van der Waals surface area contributed by atoms with Gasteiger partial charge in [-0.3, -0.25) is 9.55 Å². The Labute approximate surface area is 204 Å². The zero-order chi connectivity index (χ0) is 22.9. The van der Waals surface area contributed by atoms with Crippen molar-refractivity contribution in [1.82, 2.24) is 0 Å². The van der Waals surface area contributed by atoms with E-state index in [2.05, 4.69) is 9.18 Å².